The van der Waals surface area contributed by atoms with Crippen LogP contribution in [0.25, 0.3) is 11.4 Å². The van der Waals surface area contributed by atoms with E-state index in [-0.39, 0.29) is 17.6 Å². The Morgan fingerprint density at radius 1 is 1.28 bits per heavy atom. The predicted molar refractivity (Wildman–Crippen MR) is 95.8 cm³/mol. The van der Waals surface area contributed by atoms with E-state index < -0.39 is 12.1 Å². The molecule has 7 nitrogen and oxygen atoms in total. The smallest absolute Gasteiger partial charge is 0.347 e. The molecule has 3 aromatic rings. The highest BCUT2D eigenvalue weighted by Gasteiger charge is 2.38. The number of nitrogens with zero attached hydrogens (tertiary/aromatic N) is 5. The lowest BCUT2D eigenvalue weighted by molar-refractivity contribution is -0.159. The lowest BCUT2D eigenvalue weighted by atomic mass is 9.93. The lowest BCUT2D eigenvalue weighted by Gasteiger charge is -2.32. The maximum absolute atomic E-state index is 12.7. The van der Waals surface area contributed by atoms with Gasteiger partial charge < -0.3 is 14.0 Å². The Hall–Kier alpha value is -3.17. The molecular formula is C19H18F3N5O2. The van der Waals surface area contributed by atoms with Crippen LogP contribution in [0.1, 0.15) is 40.8 Å². The first-order valence-electron chi connectivity index (χ1n) is 9.11. The molecule has 0 radical (unpaired) electrons. The van der Waals surface area contributed by atoms with Gasteiger partial charge in [0.15, 0.2) is 0 Å². The van der Waals surface area contributed by atoms with Crippen LogP contribution in [0.3, 0.4) is 0 Å². The van der Waals surface area contributed by atoms with Crippen molar-refractivity contribution in [2.75, 3.05) is 13.1 Å². The number of hydrogen-bond donors (Lipinski definition) is 0. The molecule has 1 fully saturated rings. The van der Waals surface area contributed by atoms with Gasteiger partial charge in [-0.3, -0.25) is 9.78 Å². The third-order valence-corrected chi connectivity index (χ3v) is 5.00. The van der Waals surface area contributed by atoms with Gasteiger partial charge in [0, 0.05) is 49.7 Å². The molecule has 1 aliphatic heterocycles. The summed E-state index contributed by atoms with van der Waals surface area (Å²) in [6.07, 6.45) is 0.304. The number of carbonyl (C=O) groups is 1. The highest BCUT2D eigenvalue weighted by atomic mass is 19.4. The Kier molecular flexibility index (Phi) is 4.85. The fourth-order valence-corrected chi connectivity index (χ4v) is 3.48. The summed E-state index contributed by atoms with van der Waals surface area (Å²) in [7, 11) is 1.83. The second kappa shape index (κ2) is 7.34. The van der Waals surface area contributed by atoms with Crippen molar-refractivity contribution in [3.8, 4) is 11.4 Å². The molecule has 0 aliphatic carbocycles. The number of aromatic nitrogens is 4. The molecular weight excluding hydrogens is 387 g/mol. The third-order valence-electron chi connectivity index (χ3n) is 5.00. The van der Waals surface area contributed by atoms with Gasteiger partial charge in [-0.2, -0.15) is 18.2 Å². The normalized spacial score (nSPS) is 17.5. The van der Waals surface area contributed by atoms with Crippen molar-refractivity contribution in [3.63, 3.8) is 0 Å². The SMILES string of the molecule is Cn1cccc1C(=O)N1CCC[C@H](c2ccc(-c3noc(C(F)(F)F)n3)cn2)C1. The highest BCUT2D eigenvalue weighted by Crippen LogP contribution is 2.30. The molecule has 1 aliphatic rings. The van der Waals surface area contributed by atoms with Gasteiger partial charge in [-0.15, -0.1) is 0 Å². The number of hydrogen-bond acceptors (Lipinski definition) is 5. The summed E-state index contributed by atoms with van der Waals surface area (Å²) in [5.41, 5.74) is 1.74. The minimum Gasteiger partial charge on any atom is -0.347 e. The second-order valence-corrected chi connectivity index (χ2v) is 6.99. The van der Waals surface area contributed by atoms with Crippen molar-refractivity contribution >= 4 is 5.91 Å². The molecule has 0 unspecified atom stereocenters. The first kappa shape index (κ1) is 19.2. The highest BCUT2D eigenvalue weighted by molar-refractivity contribution is 5.92. The molecule has 1 atom stereocenters. The molecule has 4 heterocycles. The molecule has 0 spiro atoms. The topological polar surface area (TPSA) is 77.0 Å². The van der Waals surface area contributed by atoms with Crippen molar-refractivity contribution in [1.29, 1.82) is 0 Å². The summed E-state index contributed by atoms with van der Waals surface area (Å²) in [5, 5.41) is 3.37. The summed E-state index contributed by atoms with van der Waals surface area (Å²) in [5.74, 6) is -1.53. The Morgan fingerprint density at radius 2 is 2.10 bits per heavy atom. The van der Waals surface area contributed by atoms with Gasteiger partial charge >= 0.3 is 12.1 Å². The summed E-state index contributed by atoms with van der Waals surface area (Å²) >= 11 is 0. The van der Waals surface area contributed by atoms with E-state index in [2.05, 4.69) is 19.6 Å². The third kappa shape index (κ3) is 3.87. The number of halogens is 3. The largest absolute Gasteiger partial charge is 0.471 e. The molecule has 4 rings (SSSR count). The first-order valence-corrected chi connectivity index (χ1v) is 9.11. The fourth-order valence-electron chi connectivity index (χ4n) is 3.48. The lowest BCUT2D eigenvalue weighted by Crippen LogP contribution is -2.40. The average Bonchev–Trinajstić information content (AvgIpc) is 3.37. The van der Waals surface area contributed by atoms with Gasteiger partial charge in [-0.25, -0.2) is 0 Å². The number of rotatable bonds is 3. The van der Waals surface area contributed by atoms with Gasteiger partial charge in [0.1, 0.15) is 5.69 Å². The van der Waals surface area contributed by atoms with Gasteiger partial charge in [0.25, 0.3) is 5.91 Å². The van der Waals surface area contributed by atoms with E-state index in [4.69, 9.17) is 0 Å². The van der Waals surface area contributed by atoms with Crippen LogP contribution < -0.4 is 0 Å². The molecule has 0 N–H and O–H groups in total. The van der Waals surface area contributed by atoms with Crippen LogP contribution in [0.5, 0.6) is 0 Å². The van der Waals surface area contributed by atoms with Crippen molar-refractivity contribution in [2.24, 2.45) is 7.05 Å². The molecule has 1 saturated heterocycles. The number of piperidine rings is 1. The van der Waals surface area contributed by atoms with Crippen LogP contribution in [0, 0.1) is 0 Å². The zero-order chi connectivity index (χ0) is 20.6. The van der Waals surface area contributed by atoms with Crippen LogP contribution in [0.2, 0.25) is 0 Å². The molecule has 29 heavy (non-hydrogen) atoms. The maximum Gasteiger partial charge on any atom is 0.471 e. The van der Waals surface area contributed by atoms with Crippen molar-refractivity contribution in [3.05, 3.63) is 53.9 Å². The van der Waals surface area contributed by atoms with Gasteiger partial charge in [-0.1, -0.05) is 5.16 Å². The summed E-state index contributed by atoms with van der Waals surface area (Å²) in [6.45, 7) is 1.22. The second-order valence-electron chi connectivity index (χ2n) is 6.99. The Balaban J connectivity index is 1.48. The zero-order valence-electron chi connectivity index (χ0n) is 15.6. The summed E-state index contributed by atoms with van der Waals surface area (Å²) in [6, 6.07) is 6.97. The Morgan fingerprint density at radius 3 is 2.72 bits per heavy atom. The summed E-state index contributed by atoms with van der Waals surface area (Å²) in [4.78, 5) is 22.3. The quantitative estimate of drug-likeness (QED) is 0.667. The number of carbonyl (C=O) groups excluding carboxylic acids is 1. The van der Waals surface area contributed by atoms with Crippen LogP contribution >= 0.6 is 0 Å². The van der Waals surface area contributed by atoms with E-state index in [1.807, 2.05) is 24.2 Å². The molecule has 0 saturated carbocycles. The van der Waals surface area contributed by atoms with Crippen molar-refractivity contribution in [1.82, 2.24) is 24.6 Å². The summed E-state index contributed by atoms with van der Waals surface area (Å²) < 4.78 is 43.9. The van der Waals surface area contributed by atoms with Crippen molar-refractivity contribution in [2.45, 2.75) is 24.9 Å². The van der Waals surface area contributed by atoms with Gasteiger partial charge in [0.2, 0.25) is 5.82 Å². The fraction of sp³-hybridized carbons (Fsp3) is 0.368. The number of likely N-dealkylation sites (tertiary alicyclic amines) is 1. The van der Waals surface area contributed by atoms with E-state index >= 15 is 0 Å². The van der Waals surface area contributed by atoms with Crippen LogP contribution in [0.4, 0.5) is 13.2 Å². The van der Waals surface area contributed by atoms with Crippen LogP contribution in [0.15, 0.2) is 41.2 Å². The van der Waals surface area contributed by atoms with Crippen LogP contribution in [-0.2, 0) is 13.2 Å². The minimum atomic E-state index is -4.69. The zero-order valence-corrected chi connectivity index (χ0v) is 15.6. The van der Waals surface area contributed by atoms with Crippen molar-refractivity contribution < 1.29 is 22.5 Å². The Bertz CT molecular complexity index is 1010. The first-order chi connectivity index (χ1) is 13.8. The van der Waals surface area contributed by atoms with Gasteiger partial charge in [0.05, 0.1) is 0 Å². The van der Waals surface area contributed by atoms with E-state index in [0.29, 0.717) is 24.3 Å². The van der Waals surface area contributed by atoms with Crippen LogP contribution in [-0.4, -0.2) is 43.6 Å². The molecule has 3 aromatic heterocycles. The Labute approximate surface area is 164 Å². The average molecular weight is 405 g/mol. The monoisotopic (exact) mass is 405 g/mol. The number of pyridine rings is 1. The number of alkyl halides is 3. The van der Waals surface area contributed by atoms with Gasteiger partial charge in [-0.05, 0) is 37.1 Å². The van der Waals surface area contributed by atoms with E-state index in [0.717, 1.165) is 18.5 Å². The van der Waals surface area contributed by atoms with E-state index in [1.54, 1.807) is 22.8 Å². The molecule has 152 valence electrons. The molecule has 10 heteroatoms. The minimum absolute atomic E-state index is 0.0229. The molecule has 0 bridgehead atoms. The maximum atomic E-state index is 12.7. The number of aryl methyl sites for hydroxylation is 1. The molecule has 0 aromatic carbocycles. The predicted octanol–water partition coefficient (Wildman–Crippen LogP) is 3.51. The molecule has 1 amide bonds. The van der Waals surface area contributed by atoms with E-state index in [9.17, 15) is 18.0 Å². The van der Waals surface area contributed by atoms with E-state index in [1.165, 1.54) is 6.20 Å². The number of amides is 1. The standard InChI is InChI=1S/C19H18F3N5O2/c1-26-8-3-5-15(26)17(28)27-9-2-4-13(11-27)14-7-6-12(10-23-14)16-24-18(29-25-16)19(20,21)22/h3,5-8,10,13H,2,4,9,11H2,1H3/t13-/m0/s1.